The van der Waals surface area contributed by atoms with Crippen LogP contribution in [0.4, 0.5) is 0 Å². The second-order valence-corrected chi connectivity index (χ2v) is 7.44. The molecule has 0 fully saturated rings. The van der Waals surface area contributed by atoms with E-state index in [2.05, 4.69) is 4.98 Å². The van der Waals surface area contributed by atoms with Crippen LogP contribution in [0.5, 0.6) is 0 Å². The van der Waals surface area contributed by atoms with Crippen LogP contribution in [0.25, 0.3) is 10.9 Å². The highest BCUT2D eigenvalue weighted by Gasteiger charge is 2.24. The van der Waals surface area contributed by atoms with Crippen molar-refractivity contribution in [2.24, 2.45) is 0 Å². The van der Waals surface area contributed by atoms with Gasteiger partial charge >= 0.3 is 5.97 Å². The summed E-state index contributed by atoms with van der Waals surface area (Å²) in [5.74, 6) is -0.837. The Morgan fingerprint density at radius 2 is 1.73 bits per heavy atom. The highest BCUT2D eigenvalue weighted by molar-refractivity contribution is 7.84. The van der Waals surface area contributed by atoms with E-state index < -0.39 is 22.9 Å². The number of carbonyl (C=O) groups is 2. The number of H-pyrrole nitrogens is 1. The van der Waals surface area contributed by atoms with Gasteiger partial charge in [-0.2, -0.15) is 0 Å². The van der Waals surface area contributed by atoms with Gasteiger partial charge in [-0.15, -0.1) is 0 Å². The van der Waals surface area contributed by atoms with Crippen molar-refractivity contribution < 1.29 is 18.5 Å². The van der Waals surface area contributed by atoms with Crippen molar-refractivity contribution in [1.82, 2.24) is 4.98 Å². The van der Waals surface area contributed by atoms with Crippen molar-refractivity contribution >= 4 is 33.5 Å². The highest BCUT2D eigenvalue weighted by atomic mass is 32.2. The number of rotatable bonds is 5. The molecule has 0 aliphatic heterocycles. The van der Waals surface area contributed by atoms with Gasteiger partial charge in [-0.3, -0.25) is 9.00 Å². The number of nitrogens with one attached hydrogen (secondary N) is 1. The van der Waals surface area contributed by atoms with Crippen molar-refractivity contribution in [1.29, 1.82) is 0 Å². The van der Waals surface area contributed by atoms with Crippen LogP contribution in [0.1, 0.15) is 33.3 Å². The van der Waals surface area contributed by atoms with Crippen molar-refractivity contribution in [3.05, 3.63) is 65.4 Å². The second kappa shape index (κ2) is 7.25. The molecule has 3 aromatic rings. The fourth-order valence-corrected chi connectivity index (χ4v) is 3.38. The smallest absolute Gasteiger partial charge is 0.338 e. The third kappa shape index (κ3) is 3.46. The Hall–Kier alpha value is -2.73. The molecule has 1 aromatic heterocycles. The van der Waals surface area contributed by atoms with Crippen molar-refractivity contribution in [2.75, 3.05) is 6.26 Å². The normalized spacial score (nSPS) is 13.3. The molecule has 0 aliphatic carbocycles. The first-order chi connectivity index (χ1) is 12.4. The summed E-state index contributed by atoms with van der Waals surface area (Å²) in [4.78, 5) is 28.9. The fourth-order valence-electron chi connectivity index (χ4n) is 2.86. The van der Waals surface area contributed by atoms with Crippen LogP contribution in [0, 0.1) is 6.92 Å². The summed E-state index contributed by atoms with van der Waals surface area (Å²) in [6.07, 6.45) is 0.651. The Labute approximate surface area is 153 Å². The lowest BCUT2D eigenvalue weighted by Gasteiger charge is -2.13. The molecule has 0 unspecified atom stereocenters. The predicted octanol–water partition coefficient (Wildman–Crippen LogP) is 3.64. The number of carbonyl (C=O) groups excluding carboxylic acids is 2. The van der Waals surface area contributed by atoms with Crippen LogP contribution < -0.4 is 0 Å². The maximum absolute atomic E-state index is 12.8. The molecule has 1 N–H and O–H groups in total. The number of aromatic amines is 1. The zero-order valence-electron chi connectivity index (χ0n) is 14.7. The third-order valence-corrected chi connectivity index (χ3v) is 5.15. The van der Waals surface area contributed by atoms with E-state index >= 15 is 0 Å². The highest BCUT2D eigenvalue weighted by Crippen LogP contribution is 2.24. The summed E-state index contributed by atoms with van der Waals surface area (Å²) in [6.45, 7) is 3.39. The zero-order valence-corrected chi connectivity index (χ0v) is 15.6. The van der Waals surface area contributed by atoms with E-state index in [4.69, 9.17) is 4.74 Å². The third-order valence-electron chi connectivity index (χ3n) is 4.21. The average molecular weight is 369 g/mol. The minimum Gasteiger partial charge on any atom is -0.451 e. The number of hydrogen-bond acceptors (Lipinski definition) is 4. The summed E-state index contributed by atoms with van der Waals surface area (Å²) >= 11 is 0. The lowest BCUT2D eigenvalue weighted by Crippen LogP contribution is -2.24. The number of ketones is 1. The molecule has 0 spiro atoms. The van der Waals surface area contributed by atoms with Gasteiger partial charge in [0.2, 0.25) is 5.78 Å². The largest absolute Gasteiger partial charge is 0.451 e. The summed E-state index contributed by atoms with van der Waals surface area (Å²) < 4.78 is 16.8. The molecule has 2 aromatic carbocycles. The zero-order chi connectivity index (χ0) is 18.8. The van der Waals surface area contributed by atoms with Gasteiger partial charge < -0.3 is 9.72 Å². The molecule has 0 radical (unpaired) electrons. The topological polar surface area (TPSA) is 76.2 Å². The van der Waals surface area contributed by atoms with Crippen LogP contribution in [0.2, 0.25) is 0 Å². The number of benzene rings is 2. The second-order valence-electron chi connectivity index (χ2n) is 6.06. The van der Waals surface area contributed by atoms with E-state index in [0.717, 1.165) is 16.6 Å². The molecule has 134 valence electrons. The van der Waals surface area contributed by atoms with Gasteiger partial charge in [-0.05, 0) is 44.2 Å². The van der Waals surface area contributed by atoms with Crippen LogP contribution in [0.3, 0.4) is 0 Å². The monoisotopic (exact) mass is 369 g/mol. The number of Topliss-reactive ketones (excluding diaryl/α,β-unsaturated/α-hetero) is 1. The molecule has 0 saturated carbocycles. The van der Waals surface area contributed by atoms with Crippen molar-refractivity contribution in [3.8, 4) is 0 Å². The van der Waals surface area contributed by atoms with E-state index in [1.54, 1.807) is 37.4 Å². The predicted molar refractivity (Wildman–Crippen MR) is 101 cm³/mol. The van der Waals surface area contributed by atoms with Gasteiger partial charge in [0, 0.05) is 44.1 Å². The summed E-state index contributed by atoms with van der Waals surface area (Å²) in [5, 5.41) is 0.813. The van der Waals surface area contributed by atoms with Crippen LogP contribution in [-0.4, -0.2) is 33.3 Å². The molecule has 26 heavy (non-hydrogen) atoms. The van der Waals surface area contributed by atoms with Crippen LogP contribution >= 0.6 is 0 Å². The number of aromatic nitrogens is 1. The van der Waals surface area contributed by atoms with Gasteiger partial charge in [0.05, 0.1) is 5.56 Å². The van der Waals surface area contributed by atoms with Gasteiger partial charge in [0.15, 0.2) is 6.10 Å². The van der Waals surface area contributed by atoms with Crippen LogP contribution in [0.15, 0.2) is 53.4 Å². The van der Waals surface area contributed by atoms with Gasteiger partial charge in [0.25, 0.3) is 0 Å². The molecular formula is C20H19NO4S. The van der Waals surface area contributed by atoms with E-state index in [-0.39, 0.29) is 5.78 Å². The fraction of sp³-hybridized carbons (Fsp3) is 0.200. The minimum atomic E-state index is -1.11. The molecule has 0 bridgehead atoms. The first-order valence-electron chi connectivity index (χ1n) is 8.14. The molecule has 0 amide bonds. The molecule has 6 heteroatoms. The van der Waals surface area contributed by atoms with Gasteiger partial charge in [-0.1, -0.05) is 18.2 Å². The molecule has 0 saturated heterocycles. The van der Waals surface area contributed by atoms with E-state index in [0.29, 0.717) is 16.0 Å². The molecule has 0 aliphatic rings. The number of esters is 1. The maximum Gasteiger partial charge on any atom is 0.338 e. The SMILES string of the molecule is Cc1[nH]c2ccccc2c1C(=O)[C@H](C)OC(=O)c1ccc([S@@](C)=O)cc1. The molecule has 3 rings (SSSR count). The molecular weight excluding hydrogens is 350 g/mol. The molecule has 2 atom stereocenters. The Balaban J connectivity index is 1.79. The Morgan fingerprint density at radius 3 is 2.38 bits per heavy atom. The standard InChI is InChI=1S/C20H19NO4S/c1-12-18(16-6-4-5-7-17(16)21-12)19(22)13(2)25-20(23)14-8-10-15(11-9-14)26(3)24/h4-11,13,21H,1-3H3/t13-,26+/m0/s1. The minimum absolute atomic E-state index is 0.250. The number of hydrogen-bond donors (Lipinski definition) is 1. The van der Waals surface area contributed by atoms with Crippen LogP contribution in [-0.2, 0) is 15.5 Å². The number of ether oxygens (including phenoxy) is 1. The quantitative estimate of drug-likeness (QED) is 0.550. The van der Waals surface area contributed by atoms with Gasteiger partial charge in [-0.25, -0.2) is 4.79 Å². The van der Waals surface area contributed by atoms with E-state index in [9.17, 15) is 13.8 Å². The molecule has 5 nitrogen and oxygen atoms in total. The van der Waals surface area contributed by atoms with Crippen molar-refractivity contribution in [2.45, 2.75) is 24.8 Å². The average Bonchev–Trinajstić information content (AvgIpc) is 2.96. The van der Waals surface area contributed by atoms with Crippen molar-refractivity contribution in [3.63, 3.8) is 0 Å². The van der Waals surface area contributed by atoms with Gasteiger partial charge in [0.1, 0.15) is 0 Å². The number of aryl methyl sites for hydroxylation is 1. The maximum atomic E-state index is 12.8. The summed E-state index contributed by atoms with van der Waals surface area (Å²) in [7, 11) is -1.11. The summed E-state index contributed by atoms with van der Waals surface area (Å²) in [5.41, 5.74) is 2.47. The Morgan fingerprint density at radius 1 is 1.08 bits per heavy atom. The lowest BCUT2D eigenvalue weighted by atomic mass is 10.0. The summed E-state index contributed by atoms with van der Waals surface area (Å²) in [6, 6.07) is 13.8. The number of para-hydroxylation sites is 1. The van der Waals surface area contributed by atoms with E-state index in [1.807, 2.05) is 31.2 Å². The molecule has 1 heterocycles. The number of fused-ring (bicyclic) bond motifs is 1. The first kappa shape index (κ1) is 18.1. The Kier molecular flexibility index (Phi) is 5.04. The lowest BCUT2D eigenvalue weighted by molar-refractivity contribution is 0.0319. The first-order valence-corrected chi connectivity index (χ1v) is 9.70. The van der Waals surface area contributed by atoms with E-state index in [1.165, 1.54) is 0 Å². The Bertz CT molecular complexity index is 1000.